The number of ether oxygens (including phenoxy) is 3. The number of morpholine rings is 1. The van der Waals surface area contributed by atoms with Crippen molar-refractivity contribution in [2.45, 2.75) is 43.9 Å². The molecule has 3 atom stereocenters. The van der Waals surface area contributed by atoms with Gasteiger partial charge in [-0.05, 0) is 25.7 Å². The molecule has 0 aromatic heterocycles. The van der Waals surface area contributed by atoms with E-state index in [0.717, 1.165) is 45.4 Å². The smallest absolute Gasteiger partial charge is 0.226 e. The standard InChI is InChI=1S/C14H23NO4/c1-17-12-3-2-11-13(12)19-9-6-15(11)14(16)10-4-7-18-8-5-10/h10-13H,2-9H2,1H3/t11-,12+,13+/m0/s1. The molecule has 0 N–H and O–H groups in total. The Morgan fingerprint density at radius 2 is 1.95 bits per heavy atom. The predicted octanol–water partition coefficient (Wildman–Crippen LogP) is 0.818. The lowest BCUT2D eigenvalue weighted by Gasteiger charge is -2.41. The Bertz CT molecular complexity index is 329. The lowest BCUT2D eigenvalue weighted by Crippen LogP contribution is -2.55. The molecule has 5 nitrogen and oxygen atoms in total. The van der Waals surface area contributed by atoms with Crippen molar-refractivity contribution in [1.29, 1.82) is 0 Å². The van der Waals surface area contributed by atoms with Crippen LogP contribution in [0.3, 0.4) is 0 Å². The minimum atomic E-state index is 0.0718. The monoisotopic (exact) mass is 269 g/mol. The van der Waals surface area contributed by atoms with Crippen molar-refractivity contribution in [2.24, 2.45) is 5.92 Å². The van der Waals surface area contributed by atoms with E-state index < -0.39 is 0 Å². The molecular formula is C14H23NO4. The summed E-state index contributed by atoms with van der Waals surface area (Å²) in [6.45, 7) is 2.80. The van der Waals surface area contributed by atoms with Crippen LogP contribution in [0.2, 0.25) is 0 Å². The van der Waals surface area contributed by atoms with Gasteiger partial charge in [0.05, 0.1) is 18.8 Å². The quantitative estimate of drug-likeness (QED) is 0.744. The topological polar surface area (TPSA) is 48.0 Å². The van der Waals surface area contributed by atoms with Gasteiger partial charge in [-0.1, -0.05) is 0 Å². The summed E-state index contributed by atoms with van der Waals surface area (Å²) in [4.78, 5) is 14.7. The molecule has 0 unspecified atom stereocenters. The number of carbonyl (C=O) groups is 1. The highest BCUT2D eigenvalue weighted by molar-refractivity contribution is 5.79. The maximum absolute atomic E-state index is 12.7. The molecule has 0 aromatic carbocycles. The van der Waals surface area contributed by atoms with Crippen molar-refractivity contribution >= 4 is 5.91 Å². The molecular weight excluding hydrogens is 246 g/mol. The van der Waals surface area contributed by atoms with Crippen LogP contribution in [0, 0.1) is 5.92 Å². The maximum Gasteiger partial charge on any atom is 0.226 e. The Kier molecular flexibility index (Phi) is 4.05. The number of carbonyl (C=O) groups excluding carboxylic acids is 1. The lowest BCUT2D eigenvalue weighted by atomic mass is 9.97. The fraction of sp³-hybridized carbons (Fsp3) is 0.929. The number of rotatable bonds is 2. The third kappa shape index (κ3) is 2.51. The van der Waals surface area contributed by atoms with Crippen molar-refractivity contribution in [3.63, 3.8) is 0 Å². The number of nitrogens with zero attached hydrogens (tertiary/aromatic N) is 1. The third-order valence-electron chi connectivity index (χ3n) is 4.69. The van der Waals surface area contributed by atoms with E-state index >= 15 is 0 Å². The van der Waals surface area contributed by atoms with E-state index in [9.17, 15) is 4.79 Å². The summed E-state index contributed by atoms with van der Waals surface area (Å²) in [6.07, 6.45) is 3.93. The second kappa shape index (κ2) is 5.77. The normalized spacial score (nSPS) is 36.3. The molecule has 2 aliphatic heterocycles. The predicted molar refractivity (Wildman–Crippen MR) is 68.8 cm³/mol. The van der Waals surface area contributed by atoms with Gasteiger partial charge >= 0.3 is 0 Å². The SMILES string of the molecule is CO[C@@H]1CC[C@H]2[C@H]1OCCN2C(=O)C1CCOCC1. The van der Waals surface area contributed by atoms with E-state index in [1.807, 2.05) is 0 Å². The second-order valence-electron chi connectivity index (χ2n) is 5.67. The summed E-state index contributed by atoms with van der Waals surface area (Å²) >= 11 is 0. The molecule has 2 heterocycles. The van der Waals surface area contributed by atoms with Crippen LogP contribution in [0.4, 0.5) is 0 Å². The van der Waals surface area contributed by atoms with Crippen molar-refractivity contribution in [3.8, 4) is 0 Å². The van der Waals surface area contributed by atoms with E-state index in [1.165, 1.54) is 0 Å². The molecule has 19 heavy (non-hydrogen) atoms. The fourth-order valence-electron chi connectivity index (χ4n) is 3.62. The van der Waals surface area contributed by atoms with Gasteiger partial charge in [0.2, 0.25) is 5.91 Å². The summed E-state index contributed by atoms with van der Waals surface area (Å²) in [5.41, 5.74) is 0. The van der Waals surface area contributed by atoms with E-state index in [1.54, 1.807) is 7.11 Å². The first-order chi connectivity index (χ1) is 9.31. The minimum absolute atomic E-state index is 0.0718. The molecule has 0 radical (unpaired) electrons. The van der Waals surface area contributed by atoms with Crippen LogP contribution >= 0.6 is 0 Å². The minimum Gasteiger partial charge on any atom is -0.381 e. The number of hydrogen-bond donors (Lipinski definition) is 0. The molecule has 3 aliphatic rings. The molecule has 1 aliphatic carbocycles. The Morgan fingerprint density at radius 3 is 2.68 bits per heavy atom. The van der Waals surface area contributed by atoms with Gasteiger partial charge in [0.25, 0.3) is 0 Å². The molecule has 0 spiro atoms. The molecule has 1 saturated carbocycles. The van der Waals surface area contributed by atoms with Gasteiger partial charge in [-0.15, -0.1) is 0 Å². The lowest BCUT2D eigenvalue weighted by molar-refractivity contribution is -0.156. The van der Waals surface area contributed by atoms with Crippen molar-refractivity contribution in [3.05, 3.63) is 0 Å². The van der Waals surface area contributed by atoms with E-state index in [0.29, 0.717) is 12.5 Å². The van der Waals surface area contributed by atoms with Crippen LogP contribution in [0.5, 0.6) is 0 Å². The average molecular weight is 269 g/mol. The number of fused-ring (bicyclic) bond motifs is 1. The van der Waals surface area contributed by atoms with E-state index in [-0.39, 0.29) is 24.2 Å². The highest BCUT2D eigenvalue weighted by Gasteiger charge is 2.45. The molecule has 3 rings (SSSR count). The zero-order valence-corrected chi connectivity index (χ0v) is 11.5. The molecule has 3 fully saturated rings. The third-order valence-corrected chi connectivity index (χ3v) is 4.69. The van der Waals surface area contributed by atoms with Gasteiger partial charge in [-0.2, -0.15) is 0 Å². The van der Waals surface area contributed by atoms with Crippen LogP contribution in [0.25, 0.3) is 0 Å². The van der Waals surface area contributed by atoms with Gasteiger partial charge < -0.3 is 19.1 Å². The summed E-state index contributed by atoms with van der Waals surface area (Å²) in [7, 11) is 1.73. The highest BCUT2D eigenvalue weighted by atomic mass is 16.5. The summed E-state index contributed by atoms with van der Waals surface area (Å²) in [6, 6.07) is 0.217. The second-order valence-corrected chi connectivity index (χ2v) is 5.67. The van der Waals surface area contributed by atoms with Crippen molar-refractivity contribution < 1.29 is 19.0 Å². The van der Waals surface area contributed by atoms with Gasteiger partial charge in [-0.3, -0.25) is 4.79 Å². The molecule has 1 amide bonds. The van der Waals surface area contributed by atoms with Crippen LogP contribution < -0.4 is 0 Å². The Balaban J connectivity index is 1.68. The van der Waals surface area contributed by atoms with Crippen molar-refractivity contribution in [2.75, 3.05) is 33.5 Å². The van der Waals surface area contributed by atoms with Crippen LogP contribution in [-0.4, -0.2) is 62.5 Å². The molecule has 0 aromatic rings. The van der Waals surface area contributed by atoms with Crippen LogP contribution in [0.1, 0.15) is 25.7 Å². The summed E-state index contributed by atoms with van der Waals surface area (Å²) < 4.78 is 16.6. The molecule has 0 bridgehead atoms. The van der Waals surface area contributed by atoms with Gasteiger partial charge in [0, 0.05) is 32.8 Å². The largest absolute Gasteiger partial charge is 0.381 e. The maximum atomic E-state index is 12.7. The number of methoxy groups -OCH3 is 1. The number of hydrogen-bond acceptors (Lipinski definition) is 4. The molecule has 2 saturated heterocycles. The first kappa shape index (κ1) is 13.3. The van der Waals surface area contributed by atoms with Gasteiger partial charge in [-0.25, -0.2) is 0 Å². The Hall–Kier alpha value is -0.650. The van der Waals surface area contributed by atoms with Crippen molar-refractivity contribution in [1.82, 2.24) is 4.90 Å². The molecule has 5 heteroatoms. The van der Waals surface area contributed by atoms with Gasteiger partial charge in [0.15, 0.2) is 0 Å². The van der Waals surface area contributed by atoms with Gasteiger partial charge in [0.1, 0.15) is 6.10 Å². The summed E-state index contributed by atoms with van der Waals surface area (Å²) in [5.74, 6) is 0.451. The fourth-order valence-corrected chi connectivity index (χ4v) is 3.62. The van der Waals surface area contributed by atoms with Crippen LogP contribution in [0.15, 0.2) is 0 Å². The van der Waals surface area contributed by atoms with Crippen LogP contribution in [-0.2, 0) is 19.0 Å². The van der Waals surface area contributed by atoms with E-state index in [2.05, 4.69) is 4.90 Å². The summed E-state index contributed by atoms with van der Waals surface area (Å²) in [5, 5.41) is 0. The van der Waals surface area contributed by atoms with E-state index in [4.69, 9.17) is 14.2 Å². The first-order valence-corrected chi connectivity index (χ1v) is 7.34. The molecule has 108 valence electrons. The number of amides is 1. The highest BCUT2D eigenvalue weighted by Crippen LogP contribution is 2.33. The average Bonchev–Trinajstić information content (AvgIpc) is 2.90. The zero-order valence-electron chi connectivity index (χ0n) is 11.5. The Labute approximate surface area is 114 Å². The first-order valence-electron chi connectivity index (χ1n) is 7.34. The zero-order chi connectivity index (χ0) is 13.2. The Morgan fingerprint density at radius 1 is 1.16 bits per heavy atom.